The molecule has 5 heteroatoms. The number of hydrogen-bond donors (Lipinski definition) is 1. The maximum atomic E-state index is 6.45. The van der Waals surface area contributed by atoms with Gasteiger partial charge in [-0.15, -0.1) is 0 Å². The summed E-state index contributed by atoms with van der Waals surface area (Å²) in [7, 11) is 3.35. The van der Waals surface area contributed by atoms with Gasteiger partial charge in [-0.2, -0.15) is 0 Å². The third kappa shape index (κ3) is 5.22. The van der Waals surface area contributed by atoms with Gasteiger partial charge in [0.2, 0.25) is 0 Å². The second kappa shape index (κ2) is 10.5. The highest BCUT2D eigenvalue weighted by molar-refractivity contribution is 5.42. The monoisotopic (exact) mass is 424 g/mol. The summed E-state index contributed by atoms with van der Waals surface area (Å²) in [5, 5.41) is 3.64. The van der Waals surface area contributed by atoms with Crippen molar-refractivity contribution in [3.05, 3.63) is 59.7 Å². The predicted octanol–water partition coefficient (Wildman–Crippen LogP) is 4.25. The number of nitrogens with zero attached hydrogens (tertiary/aromatic N) is 1. The Balaban J connectivity index is 1.29. The fraction of sp³-hybridized carbons (Fsp3) is 0.538. The highest BCUT2D eigenvalue weighted by Gasteiger charge is 2.47. The first kappa shape index (κ1) is 22.1. The van der Waals surface area contributed by atoms with Crippen LogP contribution in [0.15, 0.2) is 48.5 Å². The van der Waals surface area contributed by atoms with E-state index in [2.05, 4.69) is 59.6 Å². The van der Waals surface area contributed by atoms with Gasteiger partial charge in [0.15, 0.2) is 11.5 Å². The molecular weight excluding hydrogens is 388 g/mol. The molecule has 0 radical (unpaired) electrons. The molecule has 0 spiro atoms. The van der Waals surface area contributed by atoms with Crippen molar-refractivity contribution in [2.45, 2.75) is 57.5 Å². The molecule has 31 heavy (non-hydrogen) atoms. The van der Waals surface area contributed by atoms with Gasteiger partial charge in [-0.25, -0.2) is 0 Å². The standard InChI is InChI=1S/C26H36N2O3/c1-4-8-22-21-16-26(27-14-13-19-11-12-23(29-2)24(15-19)30-3)31-25(21)18-28(22)17-20-9-6-5-7-10-20/h5-7,9-12,15,21-22,25-27H,4,8,13-14,16-18H2,1-3H3/t21-,22+,25+,26?/m1/s1. The molecule has 0 amide bonds. The maximum absolute atomic E-state index is 6.45. The predicted molar refractivity (Wildman–Crippen MR) is 124 cm³/mol. The summed E-state index contributed by atoms with van der Waals surface area (Å²) in [6.45, 7) is 5.26. The molecule has 1 N–H and O–H groups in total. The smallest absolute Gasteiger partial charge is 0.160 e. The Morgan fingerprint density at radius 3 is 2.58 bits per heavy atom. The molecule has 2 aliphatic heterocycles. The number of benzene rings is 2. The van der Waals surface area contributed by atoms with E-state index in [4.69, 9.17) is 14.2 Å². The third-order valence-electron chi connectivity index (χ3n) is 6.73. The largest absolute Gasteiger partial charge is 0.493 e. The minimum absolute atomic E-state index is 0.161. The van der Waals surface area contributed by atoms with Crippen LogP contribution in [0.3, 0.4) is 0 Å². The van der Waals surface area contributed by atoms with Gasteiger partial charge in [-0.1, -0.05) is 49.7 Å². The minimum atomic E-state index is 0.161. The zero-order chi connectivity index (χ0) is 21.6. The first-order valence-electron chi connectivity index (χ1n) is 11.6. The highest BCUT2D eigenvalue weighted by atomic mass is 16.5. The van der Waals surface area contributed by atoms with Crippen molar-refractivity contribution in [1.82, 2.24) is 10.2 Å². The average Bonchev–Trinajstić information content (AvgIpc) is 3.32. The molecule has 2 heterocycles. The number of fused-ring (bicyclic) bond motifs is 1. The van der Waals surface area contributed by atoms with Gasteiger partial charge in [0.25, 0.3) is 0 Å². The highest BCUT2D eigenvalue weighted by Crippen LogP contribution is 2.39. The topological polar surface area (TPSA) is 43.0 Å². The molecule has 1 unspecified atom stereocenters. The van der Waals surface area contributed by atoms with Crippen molar-refractivity contribution in [3.63, 3.8) is 0 Å². The quantitative estimate of drug-likeness (QED) is 0.618. The summed E-state index contributed by atoms with van der Waals surface area (Å²) in [6.07, 6.45) is 5.01. The normalized spacial score (nSPS) is 25.5. The molecule has 5 nitrogen and oxygen atoms in total. The fourth-order valence-corrected chi connectivity index (χ4v) is 5.22. The van der Waals surface area contributed by atoms with Crippen molar-refractivity contribution in [2.75, 3.05) is 27.3 Å². The minimum Gasteiger partial charge on any atom is -0.493 e. The molecule has 0 bridgehead atoms. The second-order valence-electron chi connectivity index (χ2n) is 8.73. The van der Waals surface area contributed by atoms with Crippen LogP contribution in [0.2, 0.25) is 0 Å². The van der Waals surface area contributed by atoms with E-state index in [1.54, 1.807) is 14.2 Å². The van der Waals surface area contributed by atoms with Crippen LogP contribution in [-0.2, 0) is 17.7 Å². The van der Waals surface area contributed by atoms with E-state index in [9.17, 15) is 0 Å². The molecule has 2 aromatic rings. The Kier molecular flexibility index (Phi) is 7.49. The van der Waals surface area contributed by atoms with Crippen molar-refractivity contribution in [1.29, 1.82) is 0 Å². The molecule has 2 fully saturated rings. The third-order valence-corrected chi connectivity index (χ3v) is 6.73. The van der Waals surface area contributed by atoms with Crippen molar-refractivity contribution < 1.29 is 14.2 Å². The molecule has 4 rings (SSSR count). The lowest BCUT2D eigenvalue weighted by atomic mass is 9.93. The number of hydrogen-bond acceptors (Lipinski definition) is 5. The molecule has 2 aliphatic rings. The van der Waals surface area contributed by atoms with Crippen molar-refractivity contribution >= 4 is 0 Å². The molecular formula is C26H36N2O3. The molecule has 4 atom stereocenters. The summed E-state index contributed by atoms with van der Waals surface area (Å²) in [5.74, 6) is 2.18. The molecule has 0 aromatic heterocycles. The lowest BCUT2D eigenvalue weighted by molar-refractivity contribution is 0.0193. The fourth-order valence-electron chi connectivity index (χ4n) is 5.22. The van der Waals surface area contributed by atoms with E-state index < -0.39 is 0 Å². The summed E-state index contributed by atoms with van der Waals surface area (Å²) < 4.78 is 17.2. The van der Waals surface area contributed by atoms with Gasteiger partial charge < -0.3 is 14.2 Å². The van der Waals surface area contributed by atoms with Crippen LogP contribution in [0.5, 0.6) is 11.5 Å². The first-order valence-corrected chi connectivity index (χ1v) is 11.6. The van der Waals surface area contributed by atoms with Crippen LogP contribution in [0.4, 0.5) is 0 Å². The number of methoxy groups -OCH3 is 2. The van der Waals surface area contributed by atoms with Crippen molar-refractivity contribution in [2.24, 2.45) is 5.92 Å². The number of likely N-dealkylation sites (tertiary alicyclic amines) is 1. The lowest BCUT2D eigenvalue weighted by Gasteiger charge is -2.28. The summed E-state index contributed by atoms with van der Waals surface area (Å²) in [6, 6.07) is 17.6. The molecule has 0 saturated carbocycles. The molecule has 2 aromatic carbocycles. The van der Waals surface area contributed by atoms with Crippen molar-refractivity contribution in [3.8, 4) is 11.5 Å². The van der Waals surface area contributed by atoms with E-state index in [0.29, 0.717) is 18.1 Å². The van der Waals surface area contributed by atoms with Crippen LogP contribution in [0.25, 0.3) is 0 Å². The van der Waals surface area contributed by atoms with E-state index in [1.165, 1.54) is 24.0 Å². The summed E-state index contributed by atoms with van der Waals surface area (Å²) in [5.41, 5.74) is 2.63. The lowest BCUT2D eigenvalue weighted by Crippen LogP contribution is -2.36. The Hall–Kier alpha value is -2.08. The number of rotatable bonds is 10. The Morgan fingerprint density at radius 1 is 1.03 bits per heavy atom. The van der Waals surface area contributed by atoms with Crippen LogP contribution < -0.4 is 14.8 Å². The van der Waals surface area contributed by atoms with Gasteiger partial charge in [0.1, 0.15) is 6.23 Å². The Morgan fingerprint density at radius 2 is 1.84 bits per heavy atom. The van der Waals surface area contributed by atoms with Crippen LogP contribution in [0, 0.1) is 5.92 Å². The van der Waals surface area contributed by atoms with Crippen LogP contribution in [0.1, 0.15) is 37.3 Å². The van der Waals surface area contributed by atoms with Gasteiger partial charge in [-0.05, 0) is 42.5 Å². The SMILES string of the molecule is CCC[C@H]1[C@H]2CC(NCCc3ccc(OC)c(OC)c3)O[C@H]2CN1Cc1ccccc1. The molecule has 2 saturated heterocycles. The van der Waals surface area contributed by atoms with E-state index >= 15 is 0 Å². The van der Waals surface area contributed by atoms with E-state index in [1.807, 2.05) is 6.07 Å². The molecule has 168 valence electrons. The first-order chi connectivity index (χ1) is 15.2. The zero-order valence-corrected chi connectivity index (χ0v) is 19.0. The number of nitrogens with one attached hydrogen (secondary N) is 1. The van der Waals surface area contributed by atoms with Crippen LogP contribution >= 0.6 is 0 Å². The van der Waals surface area contributed by atoms with Crippen LogP contribution in [-0.4, -0.2) is 50.6 Å². The van der Waals surface area contributed by atoms with E-state index in [0.717, 1.165) is 44.0 Å². The van der Waals surface area contributed by atoms with Gasteiger partial charge in [0.05, 0.1) is 20.3 Å². The summed E-state index contributed by atoms with van der Waals surface area (Å²) >= 11 is 0. The van der Waals surface area contributed by atoms with Gasteiger partial charge in [0, 0.05) is 31.6 Å². The van der Waals surface area contributed by atoms with E-state index in [-0.39, 0.29) is 6.23 Å². The van der Waals surface area contributed by atoms with Gasteiger partial charge >= 0.3 is 0 Å². The average molecular weight is 425 g/mol. The maximum Gasteiger partial charge on any atom is 0.160 e. The molecule has 0 aliphatic carbocycles. The Labute approximate surface area is 186 Å². The van der Waals surface area contributed by atoms with Gasteiger partial charge in [-0.3, -0.25) is 10.2 Å². The number of ether oxygens (including phenoxy) is 3. The zero-order valence-electron chi connectivity index (χ0n) is 19.0. The Bertz CT molecular complexity index is 829. The second-order valence-corrected chi connectivity index (χ2v) is 8.73. The summed E-state index contributed by atoms with van der Waals surface area (Å²) in [4.78, 5) is 2.65.